The summed E-state index contributed by atoms with van der Waals surface area (Å²) in [6.45, 7) is 5.81. The molecule has 1 aromatic carbocycles. The third-order valence-corrected chi connectivity index (χ3v) is 4.85. The van der Waals surface area contributed by atoms with Crippen LogP contribution in [-0.2, 0) is 6.54 Å². The Morgan fingerprint density at radius 1 is 1.32 bits per heavy atom. The Morgan fingerprint density at radius 3 is 2.89 bits per heavy atom. The molecule has 0 amide bonds. The first-order chi connectivity index (χ1) is 9.19. The zero-order chi connectivity index (χ0) is 13.7. The van der Waals surface area contributed by atoms with Crippen molar-refractivity contribution in [2.24, 2.45) is 5.92 Å². The summed E-state index contributed by atoms with van der Waals surface area (Å²) in [7, 11) is 0. The van der Waals surface area contributed by atoms with Crippen LogP contribution in [0, 0.1) is 5.92 Å². The third kappa shape index (κ3) is 4.50. The van der Waals surface area contributed by atoms with Gasteiger partial charge in [0.15, 0.2) is 0 Å². The Bertz CT molecular complexity index is 406. The molecule has 3 heteroatoms. The molecule has 0 aliphatic carbocycles. The number of halogens is 1. The smallest absolute Gasteiger partial charge is 0.0325 e. The van der Waals surface area contributed by atoms with E-state index in [1.165, 1.54) is 50.8 Å². The van der Waals surface area contributed by atoms with Gasteiger partial charge in [0.05, 0.1) is 0 Å². The number of likely N-dealkylation sites (tertiary alicyclic amines) is 1. The number of hydrogen-bond donors (Lipinski definition) is 1. The van der Waals surface area contributed by atoms with Crippen molar-refractivity contribution in [3.8, 4) is 0 Å². The van der Waals surface area contributed by atoms with E-state index in [0.717, 1.165) is 22.6 Å². The lowest BCUT2D eigenvalue weighted by Gasteiger charge is -2.21. The molecule has 0 saturated carbocycles. The van der Waals surface area contributed by atoms with E-state index in [1.54, 1.807) is 0 Å². The summed E-state index contributed by atoms with van der Waals surface area (Å²) in [4.78, 5) is 2.59. The molecule has 0 spiro atoms. The monoisotopic (exact) mass is 324 g/mol. The Hall–Kier alpha value is -0.540. The van der Waals surface area contributed by atoms with Crippen LogP contribution in [-0.4, -0.2) is 18.0 Å². The molecule has 0 bridgehead atoms. The van der Waals surface area contributed by atoms with E-state index < -0.39 is 0 Å². The van der Waals surface area contributed by atoms with Crippen LogP contribution in [0.5, 0.6) is 0 Å². The number of nitrogens with two attached hydrogens (primary N) is 1. The molecular formula is C16H25BrN2. The molecule has 2 rings (SSSR count). The van der Waals surface area contributed by atoms with E-state index in [-0.39, 0.29) is 0 Å². The maximum Gasteiger partial charge on any atom is 0.0325 e. The third-order valence-electron chi connectivity index (χ3n) is 4.11. The zero-order valence-corrected chi connectivity index (χ0v) is 13.5. The number of nitrogen functional groups attached to an aromatic ring is 1. The summed E-state index contributed by atoms with van der Waals surface area (Å²) in [6, 6.07) is 6.15. The molecule has 0 aromatic heterocycles. The standard InChI is InChI=1S/C16H25BrN2/c1-2-4-13-5-3-9-19(10-8-13)12-14-6-7-15(18)11-16(14)17/h6-7,11,13H,2-5,8-10,12,18H2,1H3. The molecule has 1 aromatic rings. The lowest BCUT2D eigenvalue weighted by atomic mass is 9.96. The van der Waals surface area contributed by atoms with Crippen molar-refractivity contribution in [2.75, 3.05) is 18.8 Å². The van der Waals surface area contributed by atoms with Crippen LogP contribution in [0.2, 0.25) is 0 Å². The number of benzene rings is 1. The summed E-state index contributed by atoms with van der Waals surface area (Å²) >= 11 is 3.62. The van der Waals surface area contributed by atoms with Gasteiger partial charge in [0.2, 0.25) is 0 Å². The van der Waals surface area contributed by atoms with Crippen LogP contribution >= 0.6 is 15.9 Å². The zero-order valence-electron chi connectivity index (χ0n) is 11.9. The summed E-state index contributed by atoms with van der Waals surface area (Å²) in [6.07, 6.45) is 6.85. The average Bonchev–Trinajstić information content (AvgIpc) is 2.59. The minimum atomic E-state index is 0.828. The van der Waals surface area contributed by atoms with Gasteiger partial charge >= 0.3 is 0 Å². The number of anilines is 1. The van der Waals surface area contributed by atoms with Crippen LogP contribution in [0.25, 0.3) is 0 Å². The van der Waals surface area contributed by atoms with E-state index in [0.29, 0.717) is 0 Å². The van der Waals surface area contributed by atoms with Crippen molar-refractivity contribution in [1.29, 1.82) is 0 Å². The Kier molecular flexibility index (Phi) is 5.71. The first kappa shape index (κ1) is 14.9. The van der Waals surface area contributed by atoms with Crippen LogP contribution in [0.3, 0.4) is 0 Å². The highest BCUT2D eigenvalue weighted by Gasteiger charge is 2.17. The molecule has 1 fully saturated rings. The fraction of sp³-hybridized carbons (Fsp3) is 0.625. The summed E-state index contributed by atoms with van der Waals surface area (Å²) < 4.78 is 1.14. The van der Waals surface area contributed by atoms with Gasteiger partial charge in [0.25, 0.3) is 0 Å². The van der Waals surface area contributed by atoms with E-state index in [4.69, 9.17) is 5.73 Å². The molecule has 1 heterocycles. The fourth-order valence-electron chi connectivity index (χ4n) is 3.01. The summed E-state index contributed by atoms with van der Waals surface area (Å²) in [5, 5.41) is 0. The van der Waals surface area contributed by atoms with Gasteiger partial charge in [0, 0.05) is 16.7 Å². The van der Waals surface area contributed by atoms with Gasteiger partial charge in [-0.15, -0.1) is 0 Å². The normalized spacial score (nSPS) is 21.3. The highest BCUT2D eigenvalue weighted by molar-refractivity contribution is 9.10. The van der Waals surface area contributed by atoms with Crippen molar-refractivity contribution in [3.63, 3.8) is 0 Å². The molecule has 0 radical (unpaired) electrons. The average molecular weight is 325 g/mol. The van der Waals surface area contributed by atoms with Crippen LogP contribution in [0.1, 0.15) is 44.6 Å². The van der Waals surface area contributed by atoms with Gasteiger partial charge in [-0.2, -0.15) is 0 Å². The fourth-order valence-corrected chi connectivity index (χ4v) is 3.53. The van der Waals surface area contributed by atoms with E-state index >= 15 is 0 Å². The van der Waals surface area contributed by atoms with E-state index in [2.05, 4.69) is 33.8 Å². The Balaban J connectivity index is 1.92. The van der Waals surface area contributed by atoms with Crippen molar-refractivity contribution < 1.29 is 0 Å². The second-order valence-electron chi connectivity index (χ2n) is 5.71. The molecule has 19 heavy (non-hydrogen) atoms. The first-order valence-corrected chi connectivity index (χ1v) is 8.24. The van der Waals surface area contributed by atoms with Crippen LogP contribution < -0.4 is 5.73 Å². The lowest BCUT2D eigenvalue weighted by Crippen LogP contribution is -2.24. The quantitative estimate of drug-likeness (QED) is 0.830. The summed E-state index contributed by atoms with van der Waals surface area (Å²) in [5.74, 6) is 0.949. The maximum absolute atomic E-state index is 5.79. The van der Waals surface area contributed by atoms with Gasteiger partial charge in [0.1, 0.15) is 0 Å². The number of rotatable bonds is 4. The highest BCUT2D eigenvalue weighted by Crippen LogP contribution is 2.25. The molecule has 2 N–H and O–H groups in total. The number of hydrogen-bond acceptors (Lipinski definition) is 2. The van der Waals surface area contributed by atoms with Gasteiger partial charge in [-0.1, -0.05) is 41.8 Å². The molecule has 1 saturated heterocycles. The molecule has 1 aliphatic rings. The van der Waals surface area contributed by atoms with Gasteiger partial charge < -0.3 is 5.73 Å². The molecular weight excluding hydrogens is 300 g/mol. The minimum absolute atomic E-state index is 0.828. The largest absolute Gasteiger partial charge is 0.399 e. The topological polar surface area (TPSA) is 29.3 Å². The number of nitrogens with zero attached hydrogens (tertiary/aromatic N) is 1. The predicted octanol–water partition coefficient (Wildman–Crippen LogP) is 4.43. The van der Waals surface area contributed by atoms with Crippen LogP contribution in [0.15, 0.2) is 22.7 Å². The van der Waals surface area contributed by atoms with E-state index in [9.17, 15) is 0 Å². The maximum atomic E-state index is 5.79. The molecule has 1 unspecified atom stereocenters. The van der Waals surface area contributed by atoms with Gasteiger partial charge in [-0.05, 0) is 56.0 Å². The van der Waals surface area contributed by atoms with Crippen molar-refractivity contribution in [3.05, 3.63) is 28.2 Å². The Morgan fingerprint density at radius 2 is 2.16 bits per heavy atom. The van der Waals surface area contributed by atoms with Crippen LogP contribution in [0.4, 0.5) is 5.69 Å². The van der Waals surface area contributed by atoms with Gasteiger partial charge in [-0.3, -0.25) is 4.90 Å². The SMILES string of the molecule is CCCC1CCCN(Cc2ccc(N)cc2Br)CC1. The molecule has 2 nitrogen and oxygen atoms in total. The Labute approximate surface area is 125 Å². The van der Waals surface area contributed by atoms with E-state index in [1.807, 2.05) is 12.1 Å². The molecule has 1 aliphatic heterocycles. The minimum Gasteiger partial charge on any atom is -0.399 e. The van der Waals surface area contributed by atoms with Crippen molar-refractivity contribution >= 4 is 21.6 Å². The first-order valence-electron chi connectivity index (χ1n) is 7.45. The second kappa shape index (κ2) is 7.30. The van der Waals surface area contributed by atoms with Gasteiger partial charge in [-0.25, -0.2) is 0 Å². The second-order valence-corrected chi connectivity index (χ2v) is 6.57. The van der Waals surface area contributed by atoms with Crippen molar-refractivity contribution in [1.82, 2.24) is 4.90 Å². The predicted molar refractivity (Wildman–Crippen MR) is 86.1 cm³/mol. The summed E-state index contributed by atoms with van der Waals surface area (Å²) in [5.41, 5.74) is 7.97. The lowest BCUT2D eigenvalue weighted by molar-refractivity contribution is 0.271. The highest BCUT2D eigenvalue weighted by atomic mass is 79.9. The molecule has 1 atom stereocenters. The molecule has 106 valence electrons. The van der Waals surface area contributed by atoms with Crippen molar-refractivity contribution in [2.45, 2.75) is 45.6 Å².